The quantitative estimate of drug-likeness (QED) is 0.649. The molecule has 0 spiro atoms. The molecule has 1 aromatic heterocycles. The van der Waals surface area contributed by atoms with Gasteiger partial charge in [0, 0.05) is 25.0 Å². The molecule has 1 rings (SSSR count). The molecule has 0 radical (unpaired) electrons. The van der Waals surface area contributed by atoms with Crippen molar-refractivity contribution < 1.29 is 0 Å². The molecule has 0 bridgehead atoms. The molecule has 0 saturated heterocycles. The van der Waals surface area contributed by atoms with Gasteiger partial charge in [0.25, 0.3) is 0 Å². The van der Waals surface area contributed by atoms with Crippen molar-refractivity contribution in [2.75, 3.05) is 6.54 Å². The van der Waals surface area contributed by atoms with Gasteiger partial charge in [-0.2, -0.15) is 0 Å². The molecule has 0 saturated carbocycles. The largest absolute Gasteiger partial charge is 0.350 e. The highest BCUT2D eigenvalue weighted by Gasteiger charge is 1.99. The van der Waals surface area contributed by atoms with Gasteiger partial charge in [-0.05, 0) is 25.1 Å². The number of hydrogen-bond acceptors (Lipinski definition) is 1. The molecule has 0 atom stereocenters. The summed E-state index contributed by atoms with van der Waals surface area (Å²) < 4.78 is 2.37. The number of nitrogens with zero attached hydrogens (tertiary/aromatic N) is 1. The second-order valence-electron chi connectivity index (χ2n) is 4.03. The average molecular weight is 208 g/mol. The first-order valence-corrected chi connectivity index (χ1v) is 6.23. The zero-order valence-electron chi connectivity index (χ0n) is 10.1. The van der Waals surface area contributed by atoms with Gasteiger partial charge in [-0.1, -0.05) is 33.1 Å². The highest BCUT2D eigenvalue weighted by atomic mass is 15.0. The van der Waals surface area contributed by atoms with Gasteiger partial charge in [0.1, 0.15) is 0 Å². The molecule has 0 aromatic carbocycles. The molecule has 0 fully saturated rings. The maximum Gasteiger partial charge on any atom is 0.0359 e. The fraction of sp³-hybridized carbons (Fsp3) is 0.692. The van der Waals surface area contributed by atoms with E-state index in [-0.39, 0.29) is 0 Å². The first kappa shape index (κ1) is 12.3. The van der Waals surface area contributed by atoms with Crippen LogP contribution in [0.4, 0.5) is 0 Å². The normalized spacial score (nSPS) is 10.8. The maximum absolute atomic E-state index is 3.37. The van der Waals surface area contributed by atoms with E-state index in [9.17, 15) is 0 Å². The van der Waals surface area contributed by atoms with Crippen LogP contribution in [0.15, 0.2) is 18.3 Å². The summed E-state index contributed by atoms with van der Waals surface area (Å²) >= 11 is 0. The van der Waals surface area contributed by atoms with E-state index in [4.69, 9.17) is 0 Å². The van der Waals surface area contributed by atoms with E-state index in [0.717, 1.165) is 13.1 Å². The predicted octanol–water partition coefficient (Wildman–Crippen LogP) is 3.18. The van der Waals surface area contributed by atoms with E-state index < -0.39 is 0 Å². The Balaban J connectivity index is 2.29. The Morgan fingerprint density at radius 3 is 2.80 bits per heavy atom. The molecule has 1 aromatic rings. The van der Waals surface area contributed by atoms with Crippen molar-refractivity contribution in [2.45, 2.75) is 52.6 Å². The maximum atomic E-state index is 3.37. The summed E-state index contributed by atoms with van der Waals surface area (Å²) in [7, 11) is 0. The first-order chi connectivity index (χ1) is 7.38. The van der Waals surface area contributed by atoms with Crippen molar-refractivity contribution >= 4 is 0 Å². The number of rotatable bonds is 8. The van der Waals surface area contributed by atoms with Crippen LogP contribution in [0, 0.1) is 0 Å². The lowest BCUT2D eigenvalue weighted by atomic mass is 10.2. The topological polar surface area (TPSA) is 17.0 Å². The molecule has 2 nitrogen and oxygen atoms in total. The molecular weight excluding hydrogens is 184 g/mol. The average Bonchev–Trinajstić information content (AvgIpc) is 2.69. The molecule has 1 N–H and O–H groups in total. The van der Waals surface area contributed by atoms with Crippen molar-refractivity contribution in [1.29, 1.82) is 0 Å². The molecule has 1 heterocycles. The van der Waals surface area contributed by atoms with E-state index >= 15 is 0 Å². The van der Waals surface area contributed by atoms with Crippen LogP contribution in [-0.4, -0.2) is 11.1 Å². The Morgan fingerprint density at radius 1 is 1.20 bits per heavy atom. The summed E-state index contributed by atoms with van der Waals surface area (Å²) in [5.41, 5.74) is 1.41. The van der Waals surface area contributed by atoms with Crippen molar-refractivity contribution in [3.63, 3.8) is 0 Å². The SMILES string of the molecule is CCCCCCn1cccc1CNCC. The molecule has 15 heavy (non-hydrogen) atoms. The van der Waals surface area contributed by atoms with Crippen LogP contribution >= 0.6 is 0 Å². The third-order valence-corrected chi connectivity index (χ3v) is 2.73. The molecule has 0 unspecified atom stereocenters. The van der Waals surface area contributed by atoms with Crippen LogP contribution in [0.5, 0.6) is 0 Å². The van der Waals surface area contributed by atoms with Crippen LogP contribution in [0.2, 0.25) is 0 Å². The summed E-state index contributed by atoms with van der Waals surface area (Å²) in [4.78, 5) is 0. The number of aromatic nitrogens is 1. The summed E-state index contributed by atoms with van der Waals surface area (Å²) in [5.74, 6) is 0. The van der Waals surface area contributed by atoms with E-state index in [2.05, 4.69) is 42.1 Å². The van der Waals surface area contributed by atoms with Gasteiger partial charge >= 0.3 is 0 Å². The summed E-state index contributed by atoms with van der Waals surface area (Å²) in [6.45, 7) is 7.62. The van der Waals surface area contributed by atoms with Gasteiger partial charge in [0.05, 0.1) is 0 Å². The smallest absolute Gasteiger partial charge is 0.0359 e. The van der Waals surface area contributed by atoms with Crippen LogP contribution in [0.25, 0.3) is 0 Å². The number of nitrogens with one attached hydrogen (secondary N) is 1. The van der Waals surface area contributed by atoms with Crippen molar-refractivity contribution in [3.8, 4) is 0 Å². The molecular formula is C13H24N2. The molecule has 0 aliphatic carbocycles. The van der Waals surface area contributed by atoms with Gasteiger partial charge in [0.2, 0.25) is 0 Å². The first-order valence-electron chi connectivity index (χ1n) is 6.23. The number of aryl methyl sites for hydroxylation is 1. The zero-order chi connectivity index (χ0) is 10.9. The fourth-order valence-electron chi connectivity index (χ4n) is 1.79. The Bertz CT molecular complexity index is 253. The van der Waals surface area contributed by atoms with Crippen LogP contribution in [-0.2, 0) is 13.1 Å². The van der Waals surface area contributed by atoms with Crippen molar-refractivity contribution in [3.05, 3.63) is 24.0 Å². The minimum atomic E-state index is 0.997. The standard InChI is InChI=1S/C13H24N2/c1-3-5-6-7-10-15-11-8-9-13(15)12-14-4-2/h8-9,11,14H,3-7,10,12H2,1-2H3. The highest BCUT2D eigenvalue weighted by Crippen LogP contribution is 2.06. The lowest BCUT2D eigenvalue weighted by molar-refractivity contribution is 0.557. The second kappa shape index (κ2) is 7.52. The highest BCUT2D eigenvalue weighted by molar-refractivity contribution is 5.06. The van der Waals surface area contributed by atoms with Gasteiger partial charge in [-0.25, -0.2) is 0 Å². The molecule has 2 heteroatoms. The fourth-order valence-corrected chi connectivity index (χ4v) is 1.79. The van der Waals surface area contributed by atoms with Crippen LogP contribution < -0.4 is 5.32 Å². The Labute approximate surface area is 93.7 Å². The van der Waals surface area contributed by atoms with Crippen LogP contribution in [0.3, 0.4) is 0 Å². The summed E-state index contributed by atoms with van der Waals surface area (Å²) in [6, 6.07) is 4.36. The third-order valence-electron chi connectivity index (χ3n) is 2.73. The lowest BCUT2D eigenvalue weighted by Crippen LogP contribution is -2.15. The second-order valence-corrected chi connectivity index (χ2v) is 4.03. The van der Waals surface area contributed by atoms with Crippen molar-refractivity contribution in [2.24, 2.45) is 0 Å². The zero-order valence-corrected chi connectivity index (χ0v) is 10.1. The monoisotopic (exact) mass is 208 g/mol. The Hall–Kier alpha value is -0.760. The summed E-state index contributed by atoms with van der Waals surface area (Å²) in [6.07, 6.45) is 7.54. The van der Waals surface area contributed by atoms with E-state index in [0.29, 0.717) is 0 Å². The van der Waals surface area contributed by atoms with Gasteiger partial charge in [0.15, 0.2) is 0 Å². The molecule has 0 aliphatic heterocycles. The Kier molecular flexibility index (Phi) is 6.17. The molecule has 86 valence electrons. The van der Waals surface area contributed by atoms with E-state index in [1.54, 1.807) is 0 Å². The van der Waals surface area contributed by atoms with Crippen LogP contribution in [0.1, 0.15) is 45.2 Å². The van der Waals surface area contributed by atoms with E-state index in [1.165, 1.54) is 37.9 Å². The van der Waals surface area contributed by atoms with Gasteiger partial charge < -0.3 is 9.88 Å². The Morgan fingerprint density at radius 2 is 2.07 bits per heavy atom. The minimum absolute atomic E-state index is 0.997. The van der Waals surface area contributed by atoms with Gasteiger partial charge in [-0.3, -0.25) is 0 Å². The molecule has 0 amide bonds. The lowest BCUT2D eigenvalue weighted by Gasteiger charge is -2.09. The van der Waals surface area contributed by atoms with E-state index in [1.807, 2.05) is 0 Å². The molecule has 0 aliphatic rings. The third kappa shape index (κ3) is 4.52. The predicted molar refractivity (Wildman–Crippen MR) is 66.0 cm³/mol. The van der Waals surface area contributed by atoms with Gasteiger partial charge in [-0.15, -0.1) is 0 Å². The van der Waals surface area contributed by atoms with Crippen molar-refractivity contribution in [1.82, 2.24) is 9.88 Å². The summed E-state index contributed by atoms with van der Waals surface area (Å²) in [5, 5.41) is 3.37. The number of hydrogen-bond donors (Lipinski definition) is 1. The number of unbranched alkanes of at least 4 members (excludes halogenated alkanes) is 3. The minimum Gasteiger partial charge on any atom is -0.350 e.